The molecule has 2 N–H and O–H groups in total. The largest absolute Gasteiger partial charge is 0.480 e. The highest BCUT2D eigenvalue weighted by Crippen LogP contribution is 2.21. The van der Waals surface area contributed by atoms with Gasteiger partial charge >= 0.3 is 18.1 Å². The zero-order valence-electron chi connectivity index (χ0n) is 11.1. The van der Waals surface area contributed by atoms with Crippen molar-refractivity contribution in [1.82, 2.24) is 4.72 Å². The lowest BCUT2D eigenvalue weighted by Gasteiger charge is -2.14. The van der Waals surface area contributed by atoms with Gasteiger partial charge in [-0.25, -0.2) is 13.1 Å². The second kappa shape index (κ2) is 8.17. The third-order valence-corrected chi connectivity index (χ3v) is 3.83. The van der Waals surface area contributed by atoms with Gasteiger partial charge in [0.25, 0.3) is 0 Å². The number of carboxylic acids is 1. The molecule has 0 saturated carbocycles. The predicted molar refractivity (Wildman–Crippen MR) is 64.9 cm³/mol. The van der Waals surface area contributed by atoms with Crippen molar-refractivity contribution in [2.24, 2.45) is 0 Å². The number of methoxy groups -OCH3 is 1. The number of alkyl halides is 3. The van der Waals surface area contributed by atoms with E-state index in [0.29, 0.717) is 0 Å². The Morgan fingerprint density at radius 3 is 2.33 bits per heavy atom. The van der Waals surface area contributed by atoms with Crippen molar-refractivity contribution in [2.45, 2.75) is 37.9 Å². The van der Waals surface area contributed by atoms with Crippen LogP contribution in [0.4, 0.5) is 13.2 Å². The Labute approximate surface area is 119 Å². The number of carbonyl (C=O) groups is 2. The summed E-state index contributed by atoms with van der Waals surface area (Å²) < 4.78 is 64.7. The maximum absolute atomic E-state index is 11.9. The van der Waals surface area contributed by atoms with Gasteiger partial charge in [0.1, 0.15) is 6.04 Å². The molecular formula is C10H16F3NO6S. The maximum atomic E-state index is 11.9. The number of esters is 1. The fourth-order valence-corrected chi connectivity index (χ4v) is 2.63. The van der Waals surface area contributed by atoms with Gasteiger partial charge in [-0.1, -0.05) is 0 Å². The number of ether oxygens (including phenoxy) is 1. The van der Waals surface area contributed by atoms with E-state index in [0.717, 1.165) is 7.11 Å². The molecule has 7 nitrogen and oxygen atoms in total. The highest BCUT2D eigenvalue weighted by atomic mass is 32.2. The summed E-state index contributed by atoms with van der Waals surface area (Å²) in [5.41, 5.74) is 0. The van der Waals surface area contributed by atoms with Crippen molar-refractivity contribution in [3.63, 3.8) is 0 Å². The van der Waals surface area contributed by atoms with E-state index in [1.807, 2.05) is 0 Å². The van der Waals surface area contributed by atoms with Gasteiger partial charge in [-0.15, -0.1) is 0 Å². The van der Waals surface area contributed by atoms with Crippen molar-refractivity contribution in [1.29, 1.82) is 0 Å². The molecule has 21 heavy (non-hydrogen) atoms. The summed E-state index contributed by atoms with van der Waals surface area (Å²) >= 11 is 0. The van der Waals surface area contributed by atoms with Gasteiger partial charge in [-0.3, -0.25) is 9.59 Å². The van der Waals surface area contributed by atoms with E-state index in [1.165, 1.54) is 0 Å². The molecule has 0 heterocycles. The van der Waals surface area contributed by atoms with Crippen LogP contribution in [0.1, 0.15) is 25.7 Å². The summed E-state index contributed by atoms with van der Waals surface area (Å²) in [5.74, 6) is -3.11. The number of rotatable bonds is 9. The Morgan fingerprint density at radius 2 is 1.90 bits per heavy atom. The van der Waals surface area contributed by atoms with Crippen molar-refractivity contribution >= 4 is 22.0 Å². The average Bonchev–Trinajstić information content (AvgIpc) is 2.31. The Hall–Kier alpha value is -1.36. The topological polar surface area (TPSA) is 110 Å². The maximum Gasteiger partial charge on any atom is 0.389 e. The van der Waals surface area contributed by atoms with Crippen molar-refractivity contribution in [3.05, 3.63) is 0 Å². The smallest absolute Gasteiger partial charge is 0.389 e. The van der Waals surface area contributed by atoms with Crippen molar-refractivity contribution < 1.29 is 41.0 Å². The Morgan fingerprint density at radius 1 is 1.33 bits per heavy atom. The summed E-state index contributed by atoms with van der Waals surface area (Å²) in [6.45, 7) is 0. The molecule has 124 valence electrons. The van der Waals surface area contributed by atoms with E-state index >= 15 is 0 Å². The summed E-state index contributed by atoms with van der Waals surface area (Å²) in [6.07, 6.45) is -7.14. The summed E-state index contributed by atoms with van der Waals surface area (Å²) in [4.78, 5) is 21.7. The minimum atomic E-state index is -4.48. The normalized spacial score (nSPS) is 13.7. The summed E-state index contributed by atoms with van der Waals surface area (Å²) in [5, 5.41) is 8.82. The SMILES string of the molecule is COC(=O)CC[C@H](NS(=O)(=O)CCCC(F)(F)F)C(=O)O. The highest BCUT2D eigenvalue weighted by Gasteiger charge is 2.29. The van der Waals surface area contributed by atoms with Crippen LogP contribution in [0.2, 0.25) is 0 Å². The van der Waals surface area contributed by atoms with Crippen molar-refractivity contribution in [3.8, 4) is 0 Å². The number of hydrogen-bond acceptors (Lipinski definition) is 5. The molecule has 1 atom stereocenters. The molecule has 0 aliphatic heterocycles. The van der Waals surface area contributed by atoms with E-state index in [9.17, 15) is 31.2 Å². The van der Waals surface area contributed by atoms with Crippen LogP contribution in [0, 0.1) is 0 Å². The molecule has 0 aromatic carbocycles. The molecule has 0 amide bonds. The second-order valence-electron chi connectivity index (χ2n) is 4.16. The minimum absolute atomic E-state index is 0.335. The number of aliphatic carboxylic acids is 1. The third-order valence-electron chi connectivity index (χ3n) is 2.36. The lowest BCUT2D eigenvalue weighted by Crippen LogP contribution is -2.42. The Balaban J connectivity index is 4.48. The van der Waals surface area contributed by atoms with Crippen molar-refractivity contribution in [2.75, 3.05) is 12.9 Å². The number of carbonyl (C=O) groups excluding carboxylic acids is 1. The Kier molecular flexibility index (Phi) is 7.64. The number of hydrogen-bond donors (Lipinski definition) is 2. The number of sulfonamides is 1. The third kappa shape index (κ3) is 10.1. The molecule has 0 rings (SSSR count). The van der Waals surface area contributed by atoms with Crippen LogP contribution in [0.3, 0.4) is 0 Å². The molecule has 0 bridgehead atoms. The average molecular weight is 335 g/mol. The lowest BCUT2D eigenvalue weighted by atomic mass is 10.2. The molecule has 0 aliphatic carbocycles. The summed E-state index contributed by atoms with van der Waals surface area (Å²) in [7, 11) is -3.10. The molecule has 0 aliphatic rings. The van der Waals surface area contributed by atoms with E-state index in [-0.39, 0.29) is 12.8 Å². The molecule has 0 radical (unpaired) electrons. The van der Waals surface area contributed by atoms with Gasteiger partial charge in [-0.05, 0) is 12.8 Å². The zero-order valence-corrected chi connectivity index (χ0v) is 12.0. The van der Waals surface area contributed by atoms with E-state index in [4.69, 9.17) is 5.11 Å². The van der Waals surface area contributed by atoms with Crippen LogP contribution in [-0.2, 0) is 24.3 Å². The molecule has 0 unspecified atom stereocenters. The first-order chi connectivity index (χ1) is 9.47. The second-order valence-corrected chi connectivity index (χ2v) is 6.03. The first-order valence-electron chi connectivity index (χ1n) is 5.83. The van der Waals surface area contributed by atoms with Crippen LogP contribution in [0.5, 0.6) is 0 Å². The quantitative estimate of drug-likeness (QED) is 0.599. The van der Waals surface area contributed by atoms with E-state index in [1.54, 1.807) is 4.72 Å². The van der Waals surface area contributed by atoms with E-state index < -0.39 is 52.8 Å². The van der Waals surface area contributed by atoms with Gasteiger partial charge < -0.3 is 9.84 Å². The number of nitrogens with one attached hydrogen (secondary N) is 1. The number of carboxylic acid groups (broad SMARTS) is 1. The molecule has 11 heteroatoms. The van der Waals surface area contributed by atoms with Gasteiger partial charge in [-0.2, -0.15) is 13.2 Å². The summed E-state index contributed by atoms with van der Waals surface area (Å²) in [6, 6.07) is -1.60. The van der Waals surface area contributed by atoms with Crippen LogP contribution in [0.25, 0.3) is 0 Å². The predicted octanol–water partition coefficient (Wildman–Crippen LogP) is 0.655. The van der Waals surface area contributed by atoms with E-state index in [2.05, 4.69) is 4.74 Å². The Bertz CT molecular complexity index is 462. The van der Waals surface area contributed by atoms with Crippen LogP contribution < -0.4 is 4.72 Å². The van der Waals surface area contributed by atoms with Crippen LogP contribution in [-0.4, -0.2) is 50.5 Å². The first-order valence-corrected chi connectivity index (χ1v) is 7.48. The fourth-order valence-electron chi connectivity index (χ4n) is 1.34. The van der Waals surface area contributed by atoms with Gasteiger partial charge in [0, 0.05) is 12.8 Å². The van der Waals surface area contributed by atoms with Gasteiger partial charge in [0.2, 0.25) is 10.0 Å². The molecular weight excluding hydrogens is 319 g/mol. The van der Waals surface area contributed by atoms with Gasteiger partial charge in [0.15, 0.2) is 0 Å². The zero-order chi connectivity index (χ0) is 16.7. The fraction of sp³-hybridized carbons (Fsp3) is 0.800. The molecule has 0 aromatic rings. The highest BCUT2D eigenvalue weighted by molar-refractivity contribution is 7.89. The molecule has 0 aromatic heterocycles. The number of halogens is 3. The molecule has 0 fully saturated rings. The van der Waals surface area contributed by atoms with Gasteiger partial charge in [0.05, 0.1) is 12.9 Å². The van der Waals surface area contributed by atoms with Crippen LogP contribution in [0.15, 0.2) is 0 Å². The minimum Gasteiger partial charge on any atom is -0.480 e. The lowest BCUT2D eigenvalue weighted by molar-refractivity contribution is -0.142. The molecule has 0 spiro atoms. The first kappa shape index (κ1) is 19.6. The monoisotopic (exact) mass is 335 g/mol. The van der Waals surface area contributed by atoms with Crippen LogP contribution >= 0.6 is 0 Å². The molecule has 0 saturated heterocycles. The standard InChI is InChI=1S/C10H16F3NO6S/c1-20-8(15)4-3-7(9(16)17)14-21(18,19)6-2-5-10(11,12)13/h7,14H,2-6H2,1H3,(H,16,17)/t7-/m0/s1.